The number of methoxy groups -OCH3 is 1. The second kappa shape index (κ2) is 7.36. The molecule has 0 bridgehead atoms. The van der Waals surface area contributed by atoms with Gasteiger partial charge in [0.25, 0.3) is 0 Å². The topological polar surface area (TPSA) is 52.6 Å². The fraction of sp³-hybridized carbons (Fsp3) is 0.647. The zero-order chi connectivity index (χ0) is 16.2. The summed E-state index contributed by atoms with van der Waals surface area (Å²) in [5.74, 6) is 1.65. The van der Waals surface area contributed by atoms with Crippen molar-refractivity contribution >= 4 is 9.84 Å². The van der Waals surface area contributed by atoms with Crippen molar-refractivity contribution in [3.63, 3.8) is 0 Å². The summed E-state index contributed by atoms with van der Waals surface area (Å²) in [6, 6.07) is 5.71. The zero-order valence-electron chi connectivity index (χ0n) is 13.7. The van der Waals surface area contributed by atoms with Crippen LogP contribution in [0.2, 0.25) is 0 Å². The number of hydrogen-bond acceptors (Lipinski definition) is 4. The molecule has 124 valence electrons. The van der Waals surface area contributed by atoms with Gasteiger partial charge < -0.3 is 9.47 Å². The Balaban J connectivity index is 2.24. The lowest BCUT2D eigenvalue weighted by Crippen LogP contribution is -2.30. The third-order valence-corrected chi connectivity index (χ3v) is 6.09. The summed E-state index contributed by atoms with van der Waals surface area (Å²) in [7, 11) is -1.45. The summed E-state index contributed by atoms with van der Waals surface area (Å²) in [5, 5.41) is -0.294. The largest absolute Gasteiger partial charge is 0.493 e. The summed E-state index contributed by atoms with van der Waals surface area (Å²) >= 11 is 0. The molecule has 0 spiro atoms. The highest BCUT2D eigenvalue weighted by Crippen LogP contribution is 2.34. The Bertz CT molecular complexity index is 589. The van der Waals surface area contributed by atoms with E-state index in [0.717, 1.165) is 31.2 Å². The molecule has 0 N–H and O–H groups in total. The Labute approximate surface area is 133 Å². The molecular weight excluding hydrogens is 300 g/mol. The first kappa shape index (κ1) is 17.1. The highest BCUT2D eigenvalue weighted by atomic mass is 32.2. The van der Waals surface area contributed by atoms with Crippen molar-refractivity contribution in [2.75, 3.05) is 20.0 Å². The van der Waals surface area contributed by atoms with Crippen molar-refractivity contribution in [3.8, 4) is 11.5 Å². The van der Waals surface area contributed by atoms with Gasteiger partial charge in [0, 0.05) is 6.26 Å². The predicted octanol–water partition coefficient (Wildman–Crippen LogP) is 3.24. The maximum Gasteiger partial charge on any atom is 0.161 e. The second-order valence-electron chi connectivity index (χ2n) is 6.03. The summed E-state index contributed by atoms with van der Waals surface area (Å²) in [5.41, 5.74) is 0.992. The van der Waals surface area contributed by atoms with Crippen molar-refractivity contribution in [2.45, 2.75) is 44.3 Å². The fourth-order valence-electron chi connectivity index (χ4n) is 3.35. The summed E-state index contributed by atoms with van der Waals surface area (Å²) in [4.78, 5) is 0. The molecule has 0 radical (unpaired) electrons. The predicted molar refractivity (Wildman–Crippen MR) is 88.5 cm³/mol. The van der Waals surface area contributed by atoms with Crippen LogP contribution in [0.25, 0.3) is 0 Å². The van der Waals surface area contributed by atoms with Gasteiger partial charge in [-0.15, -0.1) is 0 Å². The Morgan fingerprint density at radius 1 is 1.23 bits per heavy atom. The molecule has 0 amide bonds. The Morgan fingerprint density at radius 3 is 2.45 bits per heavy atom. The van der Waals surface area contributed by atoms with Crippen LogP contribution >= 0.6 is 0 Å². The third kappa shape index (κ3) is 4.15. The highest BCUT2D eigenvalue weighted by molar-refractivity contribution is 7.91. The molecule has 1 aromatic carbocycles. The first-order valence-corrected chi connectivity index (χ1v) is 9.89. The van der Waals surface area contributed by atoms with E-state index >= 15 is 0 Å². The van der Waals surface area contributed by atoms with Gasteiger partial charge in [0.15, 0.2) is 21.3 Å². The molecule has 0 heterocycles. The van der Waals surface area contributed by atoms with Gasteiger partial charge >= 0.3 is 0 Å². The lowest BCUT2D eigenvalue weighted by Gasteiger charge is -2.22. The van der Waals surface area contributed by atoms with Gasteiger partial charge in [-0.05, 0) is 49.8 Å². The fourth-order valence-corrected chi connectivity index (χ4v) is 4.81. The van der Waals surface area contributed by atoms with Crippen LogP contribution in [-0.2, 0) is 16.3 Å². The molecule has 4 nitrogen and oxygen atoms in total. The number of sulfone groups is 1. The Hall–Kier alpha value is -1.23. The molecule has 0 saturated heterocycles. The minimum atomic E-state index is -3.06. The average molecular weight is 326 g/mol. The monoisotopic (exact) mass is 326 g/mol. The van der Waals surface area contributed by atoms with Gasteiger partial charge in [-0.3, -0.25) is 0 Å². The molecule has 5 heteroatoms. The SMILES string of the molecule is CCOc1cc(CC(C2CCCC2)S(C)(=O)=O)ccc1OC. The number of rotatable bonds is 7. The lowest BCUT2D eigenvalue weighted by molar-refractivity contribution is 0.310. The van der Waals surface area contributed by atoms with Crippen LogP contribution in [0.3, 0.4) is 0 Å². The van der Waals surface area contributed by atoms with Gasteiger partial charge in [-0.25, -0.2) is 8.42 Å². The number of ether oxygens (including phenoxy) is 2. The van der Waals surface area contributed by atoms with Crippen LogP contribution < -0.4 is 9.47 Å². The van der Waals surface area contributed by atoms with E-state index < -0.39 is 9.84 Å². The van der Waals surface area contributed by atoms with Gasteiger partial charge in [0.1, 0.15) is 0 Å². The quantitative estimate of drug-likeness (QED) is 0.772. The van der Waals surface area contributed by atoms with E-state index in [2.05, 4.69) is 0 Å². The van der Waals surface area contributed by atoms with Crippen molar-refractivity contribution in [2.24, 2.45) is 5.92 Å². The van der Waals surface area contributed by atoms with E-state index in [1.54, 1.807) is 7.11 Å². The lowest BCUT2D eigenvalue weighted by atomic mass is 9.97. The van der Waals surface area contributed by atoms with Crippen LogP contribution in [0.15, 0.2) is 18.2 Å². The van der Waals surface area contributed by atoms with Gasteiger partial charge in [-0.1, -0.05) is 18.9 Å². The molecule has 1 unspecified atom stereocenters. The van der Waals surface area contributed by atoms with Crippen LogP contribution in [0.1, 0.15) is 38.2 Å². The van der Waals surface area contributed by atoms with E-state index in [1.807, 2.05) is 25.1 Å². The first-order chi connectivity index (χ1) is 10.5. The molecule has 1 saturated carbocycles. The number of benzene rings is 1. The smallest absolute Gasteiger partial charge is 0.161 e. The molecule has 0 aliphatic heterocycles. The molecule has 2 rings (SSSR count). The summed E-state index contributed by atoms with van der Waals surface area (Å²) in [6.45, 7) is 2.47. The third-order valence-electron chi connectivity index (χ3n) is 4.44. The van der Waals surface area contributed by atoms with Crippen LogP contribution in [-0.4, -0.2) is 33.6 Å². The van der Waals surface area contributed by atoms with Crippen molar-refractivity contribution in [1.82, 2.24) is 0 Å². The Kier molecular flexibility index (Phi) is 5.73. The molecular formula is C17H26O4S. The van der Waals surface area contributed by atoms with Crippen molar-refractivity contribution in [1.29, 1.82) is 0 Å². The molecule has 22 heavy (non-hydrogen) atoms. The van der Waals surface area contributed by atoms with E-state index in [9.17, 15) is 8.42 Å². The maximum absolute atomic E-state index is 12.2. The maximum atomic E-state index is 12.2. The van der Waals surface area contributed by atoms with Crippen molar-refractivity contribution in [3.05, 3.63) is 23.8 Å². The standard InChI is InChI=1S/C17H26O4S/c1-4-21-16-11-13(9-10-15(16)20-2)12-17(22(3,18)19)14-7-5-6-8-14/h9-11,14,17H,4-8,12H2,1-3H3. The van der Waals surface area contributed by atoms with Crippen LogP contribution in [0, 0.1) is 5.92 Å². The molecule has 1 aromatic rings. The summed E-state index contributed by atoms with van der Waals surface area (Å²) < 4.78 is 35.3. The molecule has 1 aliphatic carbocycles. The molecule has 1 atom stereocenters. The number of hydrogen-bond donors (Lipinski definition) is 0. The van der Waals surface area contributed by atoms with Gasteiger partial charge in [0.05, 0.1) is 19.0 Å². The van der Waals surface area contributed by atoms with Crippen LogP contribution in [0.4, 0.5) is 0 Å². The van der Waals surface area contributed by atoms with E-state index in [4.69, 9.17) is 9.47 Å². The average Bonchev–Trinajstić information content (AvgIpc) is 2.98. The normalized spacial score (nSPS) is 17.4. The second-order valence-corrected chi connectivity index (χ2v) is 8.30. The van der Waals surface area contributed by atoms with Crippen LogP contribution in [0.5, 0.6) is 11.5 Å². The van der Waals surface area contributed by atoms with Crippen molar-refractivity contribution < 1.29 is 17.9 Å². The summed E-state index contributed by atoms with van der Waals surface area (Å²) in [6.07, 6.45) is 6.24. The minimum Gasteiger partial charge on any atom is -0.493 e. The zero-order valence-corrected chi connectivity index (χ0v) is 14.5. The van der Waals surface area contributed by atoms with Gasteiger partial charge in [0.2, 0.25) is 0 Å². The Morgan fingerprint density at radius 2 is 1.91 bits per heavy atom. The van der Waals surface area contributed by atoms with Gasteiger partial charge in [-0.2, -0.15) is 0 Å². The van der Waals surface area contributed by atoms with E-state index in [-0.39, 0.29) is 11.2 Å². The highest BCUT2D eigenvalue weighted by Gasteiger charge is 2.32. The first-order valence-electron chi connectivity index (χ1n) is 7.94. The van der Waals surface area contributed by atoms with E-state index in [0.29, 0.717) is 24.5 Å². The molecule has 1 aliphatic rings. The van der Waals surface area contributed by atoms with E-state index in [1.165, 1.54) is 6.26 Å². The molecule has 0 aromatic heterocycles. The minimum absolute atomic E-state index is 0.285. The molecule has 1 fully saturated rings.